The second-order valence-electron chi connectivity index (χ2n) is 6.92. The van der Waals surface area contributed by atoms with Crippen molar-refractivity contribution < 1.29 is 28.8 Å². The number of carbonyl (C=O) groups is 3. The summed E-state index contributed by atoms with van der Waals surface area (Å²) in [4.78, 5) is 48.4. The van der Waals surface area contributed by atoms with Crippen molar-refractivity contribution in [3.05, 3.63) is 33.9 Å². The highest BCUT2D eigenvalue weighted by Crippen LogP contribution is 2.27. The Morgan fingerprint density at radius 3 is 2.48 bits per heavy atom. The molecule has 158 valence electrons. The largest absolute Gasteiger partial charge is 0.490 e. The number of carbonyl (C=O) groups excluding carboxylic acids is 3. The quantitative estimate of drug-likeness (QED) is 0.413. The van der Waals surface area contributed by atoms with E-state index in [1.54, 1.807) is 4.90 Å². The molecule has 1 N–H and O–H groups in total. The van der Waals surface area contributed by atoms with Crippen LogP contribution in [0.5, 0.6) is 5.75 Å². The molecule has 2 rings (SSSR count). The molecule has 1 aliphatic rings. The van der Waals surface area contributed by atoms with E-state index < -0.39 is 30.0 Å². The van der Waals surface area contributed by atoms with Crippen LogP contribution in [0.3, 0.4) is 0 Å². The van der Waals surface area contributed by atoms with E-state index in [-0.39, 0.29) is 35.0 Å². The average molecular weight is 407 g/mol. The van der Waals surface area contributed by atoms with Gasteiger partial charge in [0, 0.05) is 23.7 Å². The standard InChI is InChI=1S/C19H25N3O7/c1-12-5-4-6-13(2)21(12)17(23)11-29-18(24)10-20-19(25)14-7-8-16(28-3)15(9-14)22(26)27/h7-9,12-13H,4-6,10-11H2,1-3H3,(H,20,25)/t12-,13-/m1/s1. The minimum absolute atomic E-state index is 0.00246. The first-order chi connectivity index (χ1) is 13.7. The van der Waals surface area contributed by atoms with Gasteiger partial charge in [-0.05, 0) is 45.2 Å². The number of rotatable bonds is 7. The molecule has 2 atom stereocenters. The molecule has 1 heterocycles. The molecule has 0 aromatic heterocycles. The predicted molar refractivity (Wildman–Crippen MR) is 103 cm³/mol. The topological polar surface area (TPSA) is 128 Å². The van der Waals surface area contributed by atoms with Crippen LogP contribution in [0.1, 0.15) is 43.5 Å². The molecule has 2 amide bonds. The van der Waals surface area contributed by atoms with E-state index in [9.17, 15) is 24.5 Å². The molecule has 0 aliphatic carbocycles. The van der Waals surface area contributed by atoms with Crippen molar-refractivity contribution >= 4 is 23.5 Å². The molecule has 0 radical (unpaired) electrons. The molecule has 1 fully saturated rings. The van der Waals surface area contributed by atoms with Gasteiger partial charge in [0.05, 0.1) is 12.0 Å². The number of hydrogen-bond donors (Lipinski definition) is 1. The first-order valence-electron chi connectivity index (χ1n) is 9.32. The van der Waals surface area contributed by atoms with Crippen LogP contribution in [0.25, 0.3) is 0 Å². The van der Waals surface area contributed by atoms with Gasteiger partial charge in [0.25, 0.3) is 11.8 Å². The predicted octanol–water partition coefficient (Wildman–Crippen LogP) is 1.67. The average Bonchev–Trinajstić information content (AvgIpc) is 2.69. The third kappa shape index (κ3) is 5.66. The Kier molecular flexibility index (Phi) is 7.52. The highest BCUT2D eigenvalue weighted by molar-refractivity contribution is 5.97. The van der Waals surface area contributed by atoms with Crippen LogP contribution in [0, 0.1) is 10.1 Å². The maximum Gasteiger partial charge on any atom is 0.325 e. The first kappa shape index (κ1) is 22.1. The Hall–Kier alpha value is -3.17. The second kappa shape index (κ2) is 9.85. The summed E-state index contributed by atoms with van der Waals surface area (Å²) < 4.78 is 9.84. The summed E-state index contributed by atoms with van der Waals surface area (Å²) in [5.74, 6) is -1.70. The van der Waals surface area contributed by atoms with Crippen molar-refractivity contribution in [2.45, 2.75) is 45.2 Å². The number of nitro groups is 1. The van der Waals surface area contributed by atoms with Crippen LogP contribution >= 0.6 is 0 Å². The summed E-state index contributed by atoms with van der Waals surface area (Å²) in [5.41, 5.74) is -0.365. The Balaban J connectivity index is 1.86. The number of nitrogens with zero attached hydrogens (tertiary/aromatic N) is 2. The van der Waals surface area contributed by atoms with Crippen molar-refractivity contribution in [2.24, 2.45) is 0 Å². The summed E-state index contributed by atoms with van der Waals surface area (Å²) >= 11 is 0. The van der Waals surface area contributed by atoms with E-state index in [4.69, 9.17) is 9.47 Å². The summed E-state index contributed by atoms with van der Waals surface area (Å²) in [6.07, 6.45) is 2.88. The lowest BCUT2D eigenvalue weighted by Gasteiger charge is -2.38. The zero-order valence-corrected chi connectivity index (χ0v) is 16.7. The second-order valence-corrected chi connectivity index (χ2v) is 6.92. The molecule has 10 nitrogen and oxygen atoms in total. The molecular formula is C19H25N3O7. The van der Waals surface area contributed by atoms with Gasteiger partial charge in [0.2, 0.25) is 0 Å². The van der Waals surface area contributed by atoms with Gasteiger partial charge in [0.15, 0.2) is 12.4 Å². The number of amides is 2. The monoisotopic (exact) mass is 407 g/mol. The number of ether oxygens (including phenoxy) is 2. The Morgan fingerprint density at radius 2 is 1.90 bits per heavy atom. The third-order valence-electron chi connectivity index (χ3n) is 4.87. The summed E-state index contributed by atoms with van der Waals surface area (Å²) in [6, 6.07) is 3.88. The highest BCUT2D eigenvalue weighted by atomic mass is 16.6. The van der Waals surface area contributed by atoms with Crippen LogP contribution in [0.15, 0.2) is 18.2 Å². The summed E-state index contributed by atoms with van der Waals surface area (Å²) in [5, 5.41) is 13.4. The van der Waals surface area contributed by atoms with Gasteiger partial charge in [-0.3, -0.25) is 24.5 Å². The van der Waals surface area contributed by atoms with Gasteiger partial charge in [-0.15, -0.1) is 0 Å². The number of likely N-dealkylation sites (tertiary alicyclic amines) is 1. The maximum absolute atomic E-state index is 12.3. The van der Waals surface area contributed by atoms with Gasteiger partial charge < -0.3 is 19.7 Å². The zero-order chi connectivity index (χ0) is 21.6. The van der Waals surface area contributed by atoms with Gasteiger partial charge >= 0.3 is 11.7 Å². The SMILES string of the molecule is COc1ccc(C(=O)NCC(=O)OCC(=O)N2[C@H](C)CCC[C@H]2C)cc1[N+](=O)[O-]. The smallest absolute Gasteiger partial charge is 0.325 e. The van der Waals surface area contributed by atoms with Crippen LogP contribution in [-0.4, -0.2) is 60.0 Å². The minimum Gasteiger partial charge on any atom is -0.490 e. The molecule has 0 bridgehead atoms. The Morgan fingerprint density at radius 1 is 1.24 bits per heavy atom. The number of hydrogen-bond acceptors (Lipinski definition) is 7. The molecule has 10 heteroatoms. The molecule has 1 aromatic carbocycles. The van der Waals surface area contributed by atoms with E-state index in [2.05, 4.69) is 5.32 Å². The number of nitro benzene ring substituents is 1. The molecule has 1 aliphatic heterocycles. The van der Waals surface area contributed by atoms with Crippen LogP contribution in [0.2, 0.25) is 0 Å². The van der Waals surface area contributed by atoms with Crippen molar-refractivity contribution in [1.82, 2.24) is 10.2 Å². The highest BCUT2D eigenvalue weighted by Gasteiger charge is 2.29. The van der Waals surface area contributed by atoms with E-state index in [0.29, 0.717) is 0 Å². The van der Waals surface area contributed by atoms with Crippen LogP contribution in [0.4, 0.5) is 5.69 Å². The van der Waals surface area contributed by atoms with Gasteiger partial charge in [0.1, 0.15) is 6.54 Å². The summed E-state index contributed by atoms with van der Waals surface area (Å²) in [7, 11) is 1.28. The van der Waals surface area contributed by atoms with E-state index in [1.807, 2.05) is 13.8 Å². The minimum atomic E-state index is -0.771. The lowest BCUT2D eigenvalue weighted by Crippen LogP contribution is -2.49. The van der Waals surface area contributed by atoms with Gasteiger partial charge in [-0.25, -0.2) is 0 Å². The number of nitrogens with one attached hydrogen (secondary N) is 1. The first-order valence-corrected chi connectivity index (χ1v) is 9.32. The number of esters is 1. The van der Waals surface area contributed by atoms with E-state index in [0.717, 1.165) is 25.3 Å². The molecule has 1 aromatic rings. The lowest BCUT2D eigenvalue weighted by atomic mass is 9.97. The van der Waals surface area contributed by atoms with Crippen LogP contribution < -0.4 is 10.1 Å². The van der Waals surface area contributed by atoms with Crippen molar-refractivity contribution in [3.63, 3.8) is 0 Å². The third-order valence-corrected chi connectivity index (χ3v) is 4.87. The Labute approximate surface area is 168 Å². The fourth-order valence-corrected chi connectivity index (χ4v) is 3.41. The summed E-state index contributed by atoms with van der Waals surface area (Å²) in [6.45, 7) is 3.07. The lowest BCUT2D eigenvalue weighted by molar-refractivity contribution is -0.385. The maximum atomic E-state index is 12.3. The van der Waals surface area contributed by atoms with E-state index >= 15 is 0 Å². The number of benzene rings is 1. The molecule has 0 unspecified atom stereocenters. The normalized spacial score (nSPS) is 18.7. The fraction of sp³-hybridized carbons (Fsp3) is 0.526. The Bertz CT molecular complexity index is 786. The van der Waals surface area contributed by atoms with Crippen molar-refractivity contribution in [3.8, 4) is 5.75 Å². The van der Waals surface area contributed by atoms with Gasteiger partial charge in [-0.1, -0.05) is 0 Å². The molecule has 0 spiro atoms. The van der Waals surface area contributed by atoms with Gasteiger partial charge in [-0.2, -0.15) is 0 Å². The number of methoxy groups -OCH3 is 1. The molecule has 29 heavy (non-hydrogen) atoms. The molecule has 1 saturated heterocycles. The van der Waals surface area contributed by atoms with Crippen molar-refractivity contribution in [2.75, 3.05) is 20.3 Å². The number of piperidine rings is 1. The van der Waals surface area contributed by atoms with E-state index in [1.165, 1.54) is 19.2 Å². The molecule has 0 saturated carbocycles. The fourth-order valence-electron chi connectivity index (χ4n) is 3.41. The van der Waals surface area contributed by atoms with Crippen LogP contribution in [-0.2, 0) is 14.3 Å². The van der Waals surface area contributed by atoms with Crippen molar-refractivity contribution in [1.29, 1.82) is 0 Å². The molecular weight excluding hydrogens is 382 g/mol. The zero-order valence-electron chi connectivity index (χ0n) is 16.7.